The molecule has 1 aliphatic heterocycles. The van der Waals surface area contributed by atoms with Gasteiger partial charge in [-0.25, -0.2) is 13.2 Å². The largest absolute Gasteiger partial charge is 0.280 e. The molecule has 0 bridgehead atoms. The molecule has 0 spiro atoms. The number of nitrogens with one attached hydrogen (secondary N) is 1. The summed E-state index contributed by atoms with van der Waals surface area (Å²) in [6.07, 6.45) is -2.68. The highest BCUT2D eigenvalue weighted by atomic mass is 35.5. The van der Waals surface area contributed by atoms with Gasteiger partial charge in [-0.1, -0.05) is 29.8 Å². The summed E-state index contributed by atoms with van der Waals surface area (Å²) in [6.45, 7) is 1.71. The summed E-state index contributed by atoms with van der Waals surface area (Å²) in [5.41, 5.74) is 3.70. The van der Waals surface area contributed by atoms with Crippen molar-refractivity contribution >= 4 is 29.3 Å². The highest BCUT2D eigenvalue weighted by Gasteiger charge is 2.30. The summed E-state index contributed by atoms with van der Waals surface area (Å²) >= 11 is 6.88. The number of carbonyl (C=O) groups excluding carboxylic acids is 1. The number of hydrogen-bond acceptors (Lipinski definition) is 3. The maximum Gasteiger partial charge on any atom is 0.280 e. The monoisotopic (exact) mass is 398 g/mol. The summed E-state index contributed by atoms with van der Waals surface area (Å²) in [6, 6.07) is 10.8. The molecule has 0 aliphatic carbocycles. The average molecular weight is 399 g/mol. The standard InChI is InChI=1S/C18H14ClF3N2OS/c1-10-24(16(9-26-10)17(21)22)23-18(25)13-4-2-3-11(7-13)12-5-6-14(19)15(20)8-12/h2-10,17H,1H3,(H,23,25). The van der Waals surface area contributed by atoms with Gasteiger partial charge in [0.2, 0.25) is 0 Å². The number of thioether (sulfide) groups is 1. The lowest BCUT2D eigenvalue weighted by Gasteiger charge is -2.26. The van der Waals surface area contributed by atoms with Crippen molar-refractivity contribution in [2.75, 3.05) is 0 Å². The Labute approximate surface area is 157 Å². The molecule has 1 heterocycles. The van der Waals surface area contributed by atoms with Gasteiger partial charge in [0.05, 0.1) is 10.4 Å². The van der Waals surface area contributed by atoms with E-state index in [1.54, 1.807) is 37.3 Å². The lowest BCUT2D eigenvalue weighted by molar-refractivity contribution is 0.0744. The third-order valence-corrected chi connectivity index (χ3v) is 5.14. The fraction of sp³-hybridized carbons (Fsp3) is 0.167. The van der Waals surface area contributed by atoms with Crippen molar-refractivity contribution in [1.29, 1.82) is 0 Å². The van der Waals surface area contributed by atoms with Crippen molar-refractivity contribution in [2.24, 2.45) is 0 Å². The second-order valence-corrected chi connectivity index (χ2v) is 7.20. The highest BCUT2D eigenvalue weighted by molar-refractivity contribution is 8.02. The van der Waals surface area contributed by atoms with Crippen LogP contribution in [0.15, 0.2) is 53.6 Å². The molecular weight excluding hydrogens is 385 g/mol. The van der Waals surface area contributed by atoms with Crippen LogP contribution in [0.5, 0.6) is 0 Å². The van der Waals surface area contributed by atoms with Gasteiger partial charge in [0.1, 0.15) is 11.5 Å². The van der Waals surface area contributed by atoms with Crippen LogP contribution >= 0.6 is 23.4 Å². The number of carbonyl (C=O) groups is 1. The van der Waals surface area contributed by atoms with Gasteiger partial charge in [0.25, 0.3) is 12.3 Å². The number of rotatable bonds is 4. The summed E-state index contributed by atoms with van der Waals surface area (Å²) in [4.78, 5) is 12.5. The molecule has 136 valence electrons. The molecule has 26 heavy (non-hydrogen) atoms. The van der Waals surface area contributed by atoms with Crippen molar-refractivity contribution in [3.63, 3.8) is 0 Å². The number of amides is 1. The number of hydrogen-bond donors (Lipinski definition) is 1. The van der Waals surface area contributed by atoms with E-state index in [0.29, 0.717) is 11.1 Å². The van der Waals surface area contributed by atoms with Crippen LogP contribution in [0.3, 0.4) is 0 Å². The SMILES string of the molecule is CC1SC=C(C(F)F)N1NC(=O)c1cccc(-c2ccc(Cl)c(F)c2)c1. The quantitative estimate of drug-likeness (QED) is 0.759. The molecule has 1 atom stereocenters. The minimum atomic E-state index is -2.68. The van der Waals surface area contributed by atoms with E-state index in [0.717, 1.165) is 5.01 Å². The first-order chi connectivity index (χ1) is 12.4. The van der Waals surface area contributed by atoms with E-state index in [4.69, 9.17) is 11.6 Å². The molecule has 2 aromatic rings. The van der Waals surface area contributed by atoms with Crippen LogP contribution in [0.2, 0.25) is 5.02 Å². The smallest absolute Gasteiger partial charge is 0.270 e. The van der Waals surface area contributed by atoms with Gasteiger partial charge in [-0.2, -0.15) is 0 Å². The molecular formula is C18H14ClF3N2OS. The third-order valence-electron chi connectivity index (χ3n) is 3.85. The Hall–Kier alpha value is -2.12. The summed E-state index contributed by atoms with van der Waals surface area (Å²) in [5, 5.41) is 2.17. The van der Waals surface area contributed by atoms with E-state index in [9.17, 15) is 18.0 Å². The zero-order valence-electron chi connectivity index (χ0n) is 13.5. The fourth-order valence-corrected chi connectivity index (χ4v) is 3.46. The average Bonchev–Trinajstić information content (AvgIpc) is 2.98. The second-order valence-electron chi connectivity index (χ2n) is 5.60. The van der Waals surface area contributed by atoms with Crippen molar-refractivity contribution in [2.45, 2.75) is 18.7 Å². The predicted molar refractivity (Wildman–Crippen MR) is 97.3 cm³/mol. The molecule has 2 aromatic carbocycles. The number of hydrazine groups is 1. The Bertz CT molecular complexity index is 875. The molecule has 8 heteroatoms. The molecule has 1 N–H and O–H groups in total. The molecule has 3 nitrogen and oxygen atoms in total. The number of allylic oxidation sites excluding steroid dienone is 1. The first-order valence-corrected chi connectivity index (χ1v) is 8.98. The molecule has 1 unspecified atom stereocenters. The van der Waals surface area contributed by atoms with Crippen LogP contribution in [-0.4, -0.2) is 22.7 Å². The Morgan fingerprint density at radius 1 is 1.23 bits per heavy atom. The Morgan fingerprint density at radius 2 is 1.96 bits per heavy atom. The van der Waals surface area contributed by atoms with E-state index in [2.05, 4.69) is 5.43 Å². The number of nitrogens with zero attached hydrogens (tertiary/aromatic N) is 1. The summed E-state index contributed by atoms with van der Waals surface area (Å²) < 4.78 is 39.8. The zero-order valence-corrected chi connectivity index (χ0v) is 15.1. The maximum absolute atomic E-state index is 13.7. The molecule has 0 saturated heterocycles. The van der Waals surface area contributed by atoms with Gasteiger partial charge in [0, 0.05) is 11.0 Å². The molecule has 1 amide bonds. The highest BCUT2D eigenvalue weighted by Crippen LogP contribution is 2.32. The molecule has 0 aromatic heterocycles. The van der Waals surface area contributed by atoms with Gasteiger partial charge in [-0.3, -0.25) is 15.2 Å². The van der Waals surface area contributed by atoms with Gasteiger partial charge < -0.3 is 0 Å². The van der Waals surface area contributed by atoms with Gasteiger partial charge in [-0.15, -0.1) is 11.8 Å². The van der Waals surface area contributed by atoms with Gasteiger partial charge in [-0.05, 0) is 42.3 Å². The van der Waals surface area contributed by atoms with E-state index in [-0.39, 0.29) is 21.7 Å². The second kappa shape index (κ2) is 7.63. The van der Waals surface area contributed by atoms with E-state index >= 15 is 0 Å². The predicted octanol–water partition coefficient (Wildman–Crippen LogP) is 5.29. The van der Waals surface area contributed by atoms with Crippen molar-refractivity contribution in [1.82, 2.24) is 10.4 Å². The topological polar surface area (TPSA) is 32.3 Å². The first-order valence-electron chi connectivity index (χ1n) is 7.66. The number of halogens is 4. The summed E-state index contributed by atoms with van der Waals surface area (Å²) in [5.74, 6) is -1.09. The van der Waals surface area contributed by atoms with Crippen LogP contribution in [-0.2, 0) is 0 Å². The van der Waals surface area contributed by atoms with Crippen molar-refractivity contribution in [3.8, 4) is 11.1 Å². The number of benzene rings is 2. The fourth-order valence-electron chi connectivity index (χ4n) is 2.50. The molecule has 0 fully saturated rings. The lowest BCUT2D eigenvalue weighted by atomic mass is 10.0. The van der Waals surface area contributed by atoms with E-state index in [1.165, 1.54) is 29.3 Å². The molecule has 0 saturated carbocycles. The third kappa shape index (κ3) is 3.83. The molecule has 0 radical (unpaired) electrons. The molecule has 1 aliphatic rings. The van der Waals surface area contributed by atoms with Crippen molar-refractivity contribution < 1.29 is 18.0 Å². The van der Waals surface area contributed by atoms with E-state index in [1.807, 2.05) is 0 Å². The van der Waals surface area contributed by atoms with Crippen LogP contribution < -0.4 is 5.43 Å². The minimum Gasteiger partial charge on any atom is -0.270 e. The van der Waals surface area contributed by atoms with Gasteiger partial charge >= 0.3 is 0 Å². The van der Waals surface area contributed by atoms with Crippen LogP contribution in [0.25, 0.3) is 11.1 Å². The minimum absolute atomic E-state index is 0.00878. The van der Waals surface area contributed by atoms with E-state index < -0.39 is 18.1 Å². The molecule has 3 rings (SSSR count). The van der Waals surface area contributed by atoms with Crippen LogP contribution in [0.1, 0.15) is 17.3 Å². The number of alkyl halides is 2. The first kappa shape index (κ1) is 18.7. The Kier molecular flexibility index (Phi) is 5.48. The summed E-state index contributed by atoms with van der Waals surface area (Å²) in [7, 11) is 0. The Morgan fingerprint density at radius 3 is 2.65 bits per heavy atom. The van der Waals surface area contributed by atoms with Crippen LogP contribution in [0, 0.1) is 5.82 Å². The van der Waals surface area contributed by atoms with Crippen molar-refractivity contribution in [3.05, 3.63) is 70.0 Å². The lowest BCUT2D eigenvalue weighted by Crippen LogP contribution is -2.44. The normalized spacial score (nSPS) is 16.8. The maximum atomic E-state index is 13.7. The van der Waals surface area contributed by atoms with Crippen LogP contribution in [0.4, 0.5) is 13.2 Å². The zero-order chi connectivity index (χ0) is 18.8. The Balaban J connectivity index is 1.82. The van der Waals surface area contributed by atoms with Gasteiger partial charge in [0.15, 0.2) is 0 Å².